The molecule has 6 heteroatoms. The lowest BCUT2D eigenvalue weighted by Gasteiger charge is -2.08. The number of aliphatic imine (C=N–C) groups is 1. The Morgan fingerprint density at radius 1 is 0.730 bits per heavy atom. The molecule has 0 amide bonds. The molecule has 184 valence electrons. The van der Waals surface area contributed by atoms with Crippen LogP contribution in [0.1, 0.15) is 12.5 Å². The zero-order chi connectivity index (χ0) is 25.8. The number of methoxy groups -OCH3 is 2. The number of para-hydroxylation sites is 1. The zero-order valence-electron chi connectivity index (χ0n) is 20.9. The maximum absolute atomic E-state index is 13.8. The molecule has 0 atom stereocenters. The molecule has 0 saturated heterocycles. The third-order valence-corrected chi connectivity index (χ3v) is 6.24. The number of aromatic amines is 1. The van der Waals surface area contributed by atoms with Crippen molar-refractivity contribution in [2.45, 2.75) is 6.92 Å². The average Bonchev–Trinajstić information content (AvgIpc) is 3.31. The van der Waals surface area contributed by atoms with E-state index in [2.05, 4.69) is 17.2 Å². The molecule has 4 aromatic carbocycles. The van der Waals surface area contributed by atoms with Crippen molar-refractivity contribution < 1.29 is 9.47 Å². The molecule has 1 N–H and O–H groups in total. The third kappa shape index (κ3) is 4.82. The topological polar surface area (TPSA) is 68.6 Å². The van der Waals surface area contributed by atoms with Gasteiger partial charge in [-0.2, -0.15) is 0 Å². The fraction of sp³-hybridized carbons (Fsp3) is 0.0968. The van der Waals surface area contributed by atoms with Gasteiger partial charge < -0.3 is 9.47 Å². The Labute approximate surface area is 215 Å². The van der Waals surface area contributed by atoms with Crippen molar-refractivity contribution in [3.05, 3.63) is 119 Å². The smallest absolute Gasteiger partial charge is 0.280 e. The normalized spacial score (nSPS) is 11.4. The van der Waals surface area contributed by atoms with Crippen LogP contribution >= 0.6 is 0 Å². The molecule has 0 aliphatic carbocycles. The van der Waals surface area contributed by atoms with Crippen molar-refractivity contribution in [1.82, 2.24) is 9.78 Å². The number of aromatic nitrogens is 2. The van der Waals surface area contributed by atoms with Gasteiger partial charge in [0.2, 0.25) is 0 Å². The van der Waals surface area contributed by atoms with Gasteiger partial charge in [0.1, 0.15) is 11.5 Å². The maximum Gasteiger partial charge on any atom is 0.280 e. The number of rotatable bonds is 7. The Bertz CT molecular complexity index is 1600. The highest BCUT2D eigenvalue weighted by molar-refractivity contribution is 6.05. The van der Waals surface area contributed by atoms with Crippen LogP contribution in [0.4, 0.5) is 5.69 Å². The van der Waals surface area contributed by atoms with Gasteiger partial charge in [-0.15, -0.1) is 0 Å². The molecule has 0 saturated carbocycles. The molecule has 1 heterocycles. The first kappa shape index (κ1) is 23.9. The predicted octanol–water partition coefficient (Wildman–Crippen LogP) is 6.66. The summed E-state index contributed by atoms with van der Waals surface area (Å²) in [5, 5.41) is 3.31. The molecule has 0 unspecified atom stereocenters. The summed E-state index contributed by atoms with van der Waals surface area (Å²) in [7, 11) is 3.24. The molecule has 0 aliphatic rings. The summed E-state index contributed by atoms with van der Waals surface area (Å²) < 4.78 is 12.1. The van der Waals surface area contributed by atoms with Gasteiger partial charge in [-0.1, -0.05) is 48.5 Å². The largest absolute Gasteiger partial charge is 0.497 e. The number of H-pyrrole nitrogens is 1. The van der Waals surface area contributed by atoms with Gasteiger partial charge in [-0.3, -0.25) is 14.9 Å². The van der Waals surface area contributed by atoms with Crippen LogP contribution in [0.2, 0.25) is 0 Å². The van der Waals surface area contributed by atoms with Gasteiger partial charge in [0.15, 0.2) is 0 Å². The van der Waals surface area contributed by atoms with Crippen LogP contribution in [-0.4, -0.2) is 29.7 Å². The summed E-state index contributed by atoms with van der Waals surface area (Å²) in [6, 6.07) is 33.0. The first-order valence-corrected chi connectivity index (χ1v) is 11.9. The standard InChI is InChI=1S/C31H27N3O3/c1-21(32-28-12-8-7-11-27(28)22-9-5-4-6-10-22)29-30(23-13-17-25(36-2)18-14-23)33-34(31(29)35)24-15-19-26(37-3)20-16-24/h4-20,33H,1-3H3. The number of benzene rings is 4. The van der Waals surface area contributed by atoms with Crippen molar-refractivity contribution in [3.63, 3.8) is 0 Å². The minimum absolute atomic E-state index is 0.186. The van der Waals surface area contributed by atoms with E-state index in [0.717, 1.165) is 28.1 Å². The molecule has 0 fully saturated rings. The lowest BCUT2D eigenvalue weighted by molar-refractivity contribution is 0.414. The first-order valence-electron chi connectivity index (χ1n) is 11.9. The van der Waals surface area contributed by atoms with Crippen molar-refractivity contribution >= 4 is 11.4 Å². The molecule has 0 radical (unpaired) electrons. The molecule has 6 nitrogen and oxygen atoms in total. The number of ether oxygens (including phenoxy) is 2. The molecular weight excluding hydrogens is 462 g/mol. The van der Waals surface area contributed by atoms with Crippen LogP contribution < -0.4 is 15.0 Å². The number of nitrogens with zero attached hydrogens (tertiary/aromatic N) is 2. The second kappa shape index (κ2) is 10.4. The summed E-state index contributed by atoms with van der Waals surface area (Å²) in [6.07, 6.45) is 0. The van der Waals surface area contributed by atoms with Gasteiger partial charge >= 0.3 is 0 Å². The molecule has 1 aromatic heterocycles. The summed E-state index contributed by atoms with van der Waals surface area (Å²) in [6.45, 7) is 1.87. The number of nitrogens with one attached hydrogen (secondary N) is 1. The number of hydrogen-bond donors (Lipinski definition) is 1. The highest BCUT2D eigenvalue weighted by Crippen LogP contribution is 2.31. The highest BCUT2D eigenvalue weighted by atomic mass is 16.5. The lowest BCUT2D eigenvalue weighted by Crippen LogP contribution is -2.19. The van der Waals surface area contributed by atoms with E-state index in [1.54, 1.807) is 14.2 Å². The van der Waals surface area contributed by atoms with E-state index in [1.165, 1.54) is 4.68 Å². The summed E-state index contributed by atoms with van der Waals surface area (Å²) in [5.74, 6) is 1.46. The highest BCUT2D eigenvalue weighted by Gasteiger charge is 2.20. The third-order valence-electron chi connectivity index (χ3n) is 6.24. The van der Waals surface area contributed by atoms with E-state index >= 15 is 0 Å². The second-order valence-corrected chi connectivity index (χ2v) is 8.51. The summed E-state index contributed by atoms with van der Waals surface area (Å²) in [4.78, 5) is 18.8. The molecular formula is C31H27N3O3. The van der Waals surface area contributed by atoms with Crippen LogP contribution in [0, 0.1) is 0 Å². The van der Waals surface area contributed by atoms with Crippen molar-refractivity contribution in [3.8, 4) is 39.6 Å². The van der Waals surface area contributed by atoms with Crippen LogP contribution in [0.5, 0.6) is 11.5 Å². The predicted molar refractivity (Wildman–Crippen MR) is 149 cm³/mol. The van der Waals surface area contributed by atoms with Gasteiger partial charge in [0.05, 0.1) is 42.6 Å². The van der Waals surface area contributed by atoms with Crippen LogP contribution in [0.3, 0.4) is 0 Å². The second-order valence-electron chi connectivity index (χ2n) is 8.51. The minimum atomic E-state index is -0.186. The van der Waals surface area contributed by atoms with Gasteiger partial charge in [0, 0.05) is 11.1 Å². The van der Waals surface area contributed by atoms with Crippen molar-refractivity contribution in [2.75, 3.05) is 14.2 Å². The molecule has 37 heavy (non-hydrogen) atoms. The van der Waals surface area contributed by atoms with Crippen molar-refractivity contribution in [1.29, 1.82) is 0 Å². The fourth-order valence-electron chi connectivity index (χ4n) is 4.32. The van der Waals surface area contributed by atoms with Gasteiger partial charge in [-0.05, 0) is 67.1 Å². The SMILES string of the molecule is COc1ccc(-c2[nH]n(-c3ccc(OC)cc3)c(=O)c2C(C)=Nc2ccccc2-c2ccccc2)cc1. The maximum atomic E-state index is 13.8. The fourth-order valence-corrected chi connectivity index (χ4v) is 4.32. The van der Waals surface area contributed by atoms with E-state index in [1.807, 2.05) is 97.9 Å². The molecule has 5 rings (SSSR count). The summed E-state index contributed by atoms with van der Waals surface area (Å²) >= 11 is 0. The van der Waals surface area contributed by atoms with E-state index in [9.17, 15) is 4.79 Å². The average molecular weight is 490 g/mol. The van der Waals surface area contributed by atoms with Crippen LogP contribution in [0.15, 0.2) is 113 Å². The minimum Gasteiger partial charge on any atom is -0.497 e. The van der Waals surface area contributed by atoms with Gasteiger partial charge in [-0.25, -0.2) is 4.68 Å². The molecule has 0 aliphatic heterocycles. The molecule has 0 bridgehead atoms. The molecule has 0 spiro atoms. The Morgan fingerprint density at radius 2 is 1.32 bits per heavy atom. The van der Waals surface area contributed by atoms with E-state index in [4.69, 9.17) is 14.5 Å². The Hall–Kier alpha value is -4.84. The van der Waals surface area contributed by atoms with E-state index < -0.39 is 0 Å². The monoisotopic (exact) mass is 489 g/mol. The Balaban J connectivity index is 1.67. The van der Waals surface area contributed by atoms with E-state index in [0.29, 0.717) is 28.4 Å². The Morgan fingerprint density at radius 3 is 1.97 bits per heavy atom. The lowest BCUT2D eigenvalue weighted by atomic mass is 10.0. The quantitative estimate of drug-likeness (QED) is 0.260. The first-order chi connectivity index (χ1) is 18.1. The van der Waals surface area contributed by atoms with Crippen LogP contribution in [0.25, 0.3) is 28.1 Å². The zero-order valence-corrected chi connectivity index (χ0v) is 20.9. The van der Waals surface area contributed by atoms with E-state index in [-0.39, 0.29) is 5.56 Å². The number of hydrogen-bond acceptors (Lipinski definition) is 4. The van der Waals surface area contributed by atoms with Crippen LogP contribution in [-0.2, 0) is 0 Å². The molecule has 5 aromatic rings. The van der Waals surface area contributed by atoms with Gasteiger partial charge in [0.25, 0.3) is 5.56 Å². The van der Waals surface area contributed by atoms with Crippen molar-refractivity contribution in [2.24, 2.45) is 4.99 Å². The Kier molecular flexibility index (Phi) is 6.72. The summed E-state index contributed by atoms with van der Waals surface area (Å²) in [5.41, 5.74) is 6.02.